The molecule has 320 valence electrons. The lowest BCUT2D eigenvalue weighted by atomic mass is 9.93. The summed E-state index contributed by atoms with van der Waals surface area (Å²) in [6, 6.07) is 0. The number of rotatable bonds is 20. The van der Waals surface area contributed by atoms with E-state index in [0.29, 0.717) is 0 Å². The first-order valence-corrected chi connectivity index (χ1v) is 18.2. The van der Waals surface area contributed by atoms with Crippen LogP contribution in [0.2, 0.25) is 0 Å². The van der Waals surface area contributed by atoms with E-state index in [1.54, 1.807) is 0 Å². The SMILES string of the molecule is O=S(=O)(CC(F)(F)C(F)(F)F)OCC(COS(=O)(=O)CC(F)(F)C(F)(F)F)(COS(=O)(=O)CC(F)(F)C(F)(F)F)COS(=O)(=O)CC(F)(F)C(F)(F)F. The maximum atomic E-state index is 13.3. The van der Waals surface area contributed by atoms with Gasteiger partial charge in [0.1, 0.15) is 23.0 Å². The van der Waals surface area contributed by atoms with E-state index in [2.05, 4.69) is 16.7 Å². The smallest absolute Gasteiger partial charge is 0.269 e. The number of hydrogen-bond donors (Lipinski definition) is 0. The molecule has 0 aliphatic carbocycles. The Labute approximate surface area is 282 Å². The Balaban J connectivity index is 7.30. The Kier molecular flexibility index (Phi) is 15.1. The summed E-state index contributed by atoms with van der Waals surface area (Å²) in [5.74, 6) is -39.8. The molecule has 0 aliphatic rings. The molecule has 0 amide bonds. The fourth-order valence-corrected chi connectivity index (χ4v) is 6.97. The van der Waals surface area contributed by atoms with E-state index in [4.69, 9.17) is 0 Å². The van der Waals surface area contributed by atoms with Gasteiger partial charge >= 0.3 is 48.4 Å². The van der Waals surface area contributed by atoms with Crippen LogP contribution >= 0.6 is 0 Å². The third kappa shape index (κ3) is 15.7. The van der Waals surface area contributed by atoms with Crippen LogP contribution in [-0.2, 0) is 57.2 Å². The van der Waals surface area contributed by atoms with E-state index in [1.807, 2.05) is 0 Å². The van der Waals surface area contributed by atoms with E-state index in [0.717, 1.165) is 0 Å². The second kappa shape index (κ2) is 15.6. The monoisotopic (exact) mass is 920 g/mol. The van der Waals surface area contributed by atoms with Crippen molar-refractivity contribution in [2.45, 2.75) is 48.4 Å². The van der Waals surface area contributed by atoms with Crippen LogP contribution < -0.4 is 0 Å². The molecule has 0 heterocycles. The first-order valence-electron chi connectivity index (χ1n) is 11.9. The van der Waals surface area contributed by atoms with Gasteiger partial charge in [-0.1, -0.05) is 0 Å². The predicted molar refractivity (Wildman–Crippen MR) is 125 cm³/mol. The van der Waals surface area contributed by atoms with Gasteiger partial charge in [-0.3, -0.25) is 16.7 Å². The summed E-state index contributed by atoms with van der Waals surface area (Å²) in [5.41, 5.74) is -4.16. The highest BCUT2D eigenvalue weighted by molar-refractivity contribution is 7.87. The summed E-state index contributed by atoms with van der Waals surface area (Å²) in [4.78, 5) is 0. The van der Waals surface area contributed by atoms with Crippen LogP contribution in [0.3, 0.4) is 0 Å². The molecule has 12 nitrogen and oxygen atoms in total. The summed E-state index contributed by atoms with van der Waals surface area (Å²) in [5, 5.41) is 0. The fourth-order valence-electron chi connectivity index (χ4n) is 2.49. The quantitative estimate of drug-likeness (QED) is 0.126. The predicted octanol–water partition coefficient (Wildman–Crippen LogP) is 4.15. The zero-order valence-corrected chi connectivity index (χ0v) is 27.5. The molecule has 0 radical (unpaired) electrons. The molecule has 0 fully saturated rings. The van der Waals surface area contributed by atoms with Crippen LogP contribution in [0.4, 0.5) is 87.8 Å². The van der Waals surface area contributed by atoms with Crippen molar-refractivity contribution in [2.24, 2.45) is 5.41 Å². The maximum absolute atomic E-state index is 13.3. The van der Waals surface area contributed by atoms with Crippen LogP contribution in [0.1, 0.15) is 0 Å². The molecule has 0 rings (SSSR count). The molecule has 0 unspecified atom stereocenters. The Morgan fingerprint density at radius 1 is 0.283 bits per heavy atom. The zero-order valence-electron chi connectivity index (χ0n) is 24.2. The van der Waals surface area contributed by atoms with Crippen molar-refractivity contribution in [3.05, 3.63) is 0 Å². The van der Waals surface area contributed by atoms with Crippen LogP contribution in [0.15, 0.2) is 0 Å². The molecule has 0 aromatic carbocycles. The molecule has 0 saturated carbocycles. The minimum Gasteiger partial charge on any atom is -0.269 e. The van der Waals surface area contributed by atoms with Crippen molar-refractivity contribution in [2.75, 3.05) is 49.4 Å². The highest BCUT2D eigenvalue weighted by Gasteiger charge is 2.63. The molecule has 0 aromatic rings. The van der Waals surface area contributed by atoms with Gasteiger partial charge in [0.05, 0.1) is 31.8 Å². The lowest BCUT2D eigenvalue weighted by Gasteiger charge is -2.32. The van der Waals surface area contributed by atoms with Crippen molar-refractivity contribution in [3.63, 3.8) is 0 Å². The Bertz CT molecular complexity index is 1440. The largest absolute Gasteiger partial charge is 0.454 e. The summed E-state index contributed by atoms with van der Waals surface area (Å²) in [6.45, 7) is -11.3. The van der Waals surface area contributed by atoms with Crippen LogP contribution in [0.5, 0.6) is 0 Å². The van der Waals surface area contributed by atoms with Crippen LogP contribution in [0.25, 0.3) is 0 Å². The van der Waals surface area contributed by atoms with Gasteiger partial charge in [-0.15, -0.1) is 0 Å². The summed E-state index contributed by atoms with van der Waals surface area (Å²) in [6.07, 6.45) is -27.2. The van der Waals surface area contributed by atoms with E-state index < -0.39 is 144 Å². The van der Waals surface area contributed by atoms with Gasteiger partial charge in [0.15, 0.2) is 0 Å². The number of hydrogen-bond acceptors (Lipinski definition) is 12. The third-order valence-corrected chi connectivity index (χ3v) is 10.0. The molecule has 36 heteroatoms. The molecule has 0 bridgehead atoms. The van der Waals surface area contributed by atoms with Crippen molar-refractivity contribution in [3.8, 4) is 0 Å². The van der Waals surface area contributed by atoms with E-state index in [-0.39, 0.29) is 0 Å². The molecule has 0 N–H and O–H groups in total. The maximum Gasteiger partial charge on any atom is 0.454 e. The van der Waals surface area contributed by atoms with Crippen LogP contribution in [0, 0.1) is 5.41 Å². The summed E-state index contributed by atoms with van der Waals surface area (Å²) < 4.78 is 366. The standard InChI is InChI=1S/C17H16F20O12S4/c18-10(19,14(26,27)28)5-50(38,39)46-1-9(2-47-51(40,41)6-11(20,21)15(29,30)31,3-48-52(42,43)7-12(22,23)16(32,33)34)4-49-53(44,45)8-13(24,25)17(35,36)37/h1-8H2. The second-order valence-electron chi connectivity index (χ2n) is 10.2. The number of alkyl halides is 20. The third-order valence-electron chi connectivity index (χ3n) is 5.27. The minimum absolute atomic E-state index is 2.83. The van der Waals surface area contributed by atoms with Gasteiger partial charge in [-0.2, -0.15) is 121 Å². The molecule has 53 heavy (non-hydrogen) atoms. The van der Waals surface area contributed by atoms with Crippen LogP contribution in [-0.4, -0.2) is 132 Å². The zero-order chi connectivity index (χ0) is 43.0. The van der Waals surface area contributed by atoms with Gasteiger partial charge in [-0.25, -0.2) is 0 Å². The molecule has 0 spiro atoms. The van der Waals surface area contributed by atoms with Crippen molar-refractivity contribution < 1.29 is 138 Å². The number of halogens is 20. The van der Waals surface area contributed by atoms with Crippen molar-refractivity contribution in [1.29, 1.82) is 0 Å². The van der Waals surface area contributed by atoms with Gasteiger partial charge in [-0.05, 0) is 0 Å². The lowest BCUT2D eigenvalue weighted by molar-refractivity contribution is -0.272. The molecule has 0 atom stereocenters. The second-order valence-corrected chi connectivity index (χ2v) is 16.7. The molecule has 0 saturated heterocycles. The molecular formula is C17H16F20O12S4. The first kappa shape index (κ1) is 51.2. The summed E-state index contributed by atoms with van der Waals surface area (Å²) >= 11 is 0. The van der Waals surface area contributed by atoms with E-state index >= 15 is 0 Å². The van der Waals surface area contributed by atoms with Gasteiger partial charge in [0.25, 0.3) is 40.5 Å². The van der Waals surface area contributed by atoms with Crippen molar-refractivity contribution in [1.82, 2.24) is 0 Å². The van der Waals surface area contributed by atoms with Gasteiger partial charge < -0.3 is 0 Å². The van der Waals surface area contributed by atoms with Crippen molar-refractivity contribution >= 4 is 40.5 Å². The molecule has 0 aromatic heterocycles. The average molecular weight is 921 g/mol. The van der Waals surface area contributed by atoms with E-state index in [9.17, 15) is 121 Å². The normalized spacial score (nSPS) is 15.9. The Morgan fingerprint density at radius 2 is 0.415 bits per heavy atom. The Hall–Kier alpha value is -1.76. The minimum atomic E-state index is -6.80. The summed E-state index contributed by atoms with van der Waals surface area (Å²) in [7, 11) is -26.6. The van der Waals surface area contributed by atoms with Gasteiger partial charge in [0.2, 0.25) is 0 Å². The molecule has 0 aliphatic heterocycles. The topological polar surface area (TPSA) is 173 Å². The lowest BCUT2D eigenvalue weighted by Crippen LogP contribution is -2.49. The first-order chi connectivity index (χ1) is 22.7. The van der Waals surface area contributed by atoms with Gasteiger partial charge in [0, 0.05) is 0 Å². The molecular weight excluding hydrogens is 904 g/mol. The average Bonchev–Trinajstić information content (AvgIpc) is 2.83. The Morgan fingerprint density at radius 3 is 0.528 bits per heavy atom. The highest BCUT2D eigenvalue weighted by atomic mass is 32.2. The fraction of sp³-hybridized carbons (Fsp3) is 1.00. The van der Waals surface area contributed by atoms with E-state index in [1.165, 1.54) is 0 Å². The highest BCUT2D eigenvalue weighted by Crippen LogP contribution is 2.41.